The Hall–Kier alpha value is -4.86. The summed E-state index contributed by atoms with van der Waals surface area (Å²) in [6, 6.07) is 27.0. The van der Waals surface area contributed by atoms with Gasteiger partial charge in [0.1, 0.15) is 5.69 Å². The van der Waals surface area contributed by atoms with Crippen molar-refractivity contribution in [1.82, 2.24) is 19.9 Å². The first kappa shape index (κ1) is 30.2. The summed E-state index contributed by atoms with van der Waals surface area (Å²) in [5.74, 6) is 1.37. The average Bonchev–Trinajstić information content (AvgIpc) is 3.56. The second kappa shape index (κ2) is 13.8. The lowest BCUT2D eigenvalue weighted by Gasteiger charge is -2.29. The number of carbonyl (C=O) groups excluding carboxylic acids is 1. The van der Waals surface area contributed by atoms with E-state index in [1.807, 2.05) is 30.5 Å². The molecule has 10 heteroatoms. The Balaban J connectivity index is 1.02. The SMILES string of the molecule is COc1cc2c(cc1OC)CN(CCc1ccc(-n3cc(CNc4ccccc4NC(=O)c4ccc(Cl)cc4)nn3)cc1)CC2. The summed E-state index contributed by atoms with van der Waals surface area (Å²) in [4.78, 5) is 15.2. The lowest BCUT2D eigenvalue weighted by Crippen LogP contribution is -2.32. The number of nitrogens with zero attached hydrogens (tertiary/aromatic N) is 4. The lowest BCUT2D eigenvalue weighted by molar-refractivity contribution is 0.102. The van der Waals surface area contributed by atoms with E-state index >= 15 is 0 Å². The lowest BCUT2D eigenvalue weighted by atomic mass is 9.98. The van der Waals surface area contributed by atoms with Crippen LogP contribution < -0.4 is 20.1 Å². The Kier molecular flexibility index (Phi) is 9.28. The molecule has 9 nitrogen and oxygen atoms in total. The maximum absolute atomic E-state index is 12.7. The molecular weight excluding hydrogens is 588 g/mol. The molecule has 0 radical (unpaired) electrons. The Morgan fingerprint density at radius 2 is 1.62 bits per heavy atom. The van der Waals surface area contributed by atoms with E-state index in [1.54, 1.807) is 43.2 Å². The van der Waals surface area contributed by atoms with Gasteiger partial charge in [0.05, 0.1) is 44.0 Å². The van der Waals surface area contributed by atoms with E-state index in [9.17, 15) is 4.79 Å². The fourth-order valence-corrected chi connectivity index (χ4v) is 5.59. The summed E-state index contributed by atoms with van der Waals surface area (Å²) in [6.45, 7) is 3.36. The van der Waals surface area contributed by atoms with Gasteiger partial charge in [-0.1, -0.05) is 41.1 Å². The molecule has 0 atom stereocenters. The van der Waals surface area contributed by atoms with Crippen molar-refractivity contribution in [3.63, 3.8) is 0 Å². The van der Waals surface area contributed by atoms with Crippen LogP contribution in [0.15, 0.2) is 91.1 Å². The van der Waals surface area contributed by atoms with Crippen LogP contribution in [0.25, 0.3) is 5.69 Å². The Bertz CT molecular complexity index is 1770. The third-order valence-electron chi connectivity index (χ3n) is 8.00. The first-order valence-corrected chi connectivity index (χ1v) is 15.2. The van der Waals surface area contributed by atoms with Crippen molar-refractivity contribution in [3.8, 4) is 17.2 Å². The minimum absolute atomic E-state index is 0.210. The van der Waals surface area contributed by atoms with E-state index in [2.05, 4.69) is 62.2 Å². The second-order valence-electron chi connectivity index (χ2n) is 10.9. The molecule has 1 aromatic heterocycles. The zero-order chi connectivity index (χ0) is 31.2. The van der Waals surface area contributed by atoms with Crippen LogP contribution in [-0.2, 0) is 25.9 Å². The van der Waals surface area contributed by atoms with Gasteiger partial charge in [0.25, 0.3) is 5.91 Å². The summed E-state index contributed by atoms with van der Waals surface area (Å²) < 4.78 is 12.8. The molecular formula is C35H35ClN6O3. The van der Waals surface area contributed by atoms with Gasteiger partial charge in [0.15, 0.2) is 11.5 Å². The smallest absolute Gasteiger partial charge is 0.255 e. The van der Waals surface area contributed by atoms with Crippen LogP contribution in [0.3, 0.4) is 0 Å². The molecule has 2 heterocycles. The molecule has 45 heavy (non-hydrogen) atoms. The van der Waals surface area contributed by atoms with E-state index in [-0.39, 0.29) is 5.91 Å². The highest BCUT2D eigenvalue weighted by Crippen LogP contribution is 2.33. The standard InChI is InChI=1S/C35H35ClN6O3/c1-44-33-19-26-16-18-41(22-27(26)20-34(33)45-2)17-15-24-7-13-30(14-8-24)42-23-29(39-40-42)21-37-31-5-3-4-6-32(31)38-35(43)25-9-11-28(36)12-10-25/h3-14,19-20,23,37H,15-18,21-22H2,1-2H3,(H,38,43). The van der Waals surface area contributed by atoms with Crippen LogP contribution in [0.4, 0.5) is 11.4 Å². The number of halogens is 1. The van der Waals surface area contributed by atoms with Crippen molar-refractivity contribution < 1.29 is 14.3 Å². The number of nitrogens with one attached hydrogen (secondary N) is 2. The maximum Gasteiger partial charge on any atom is 0.255 e. The normalized spacial score (nSPS) is 12.8. The largest absolute Gasteiger partial charge is 0.493 e. The Morgan fingerprint density at radius 3 is 2.36 bits per heavy atom. The minimum Gasteiger partial charge on any atom is -0.493 e. The maximum atomic E-state index is 12.7. The molecule has 0 aliphatic carbocycles. The summed E-state index contributed by atoms with van der Waals surface area (Å²) in [7, 11) is 3.36. The van der Waals surface area contributed by atoms with Gasteiger partial charge in [-0.05, 0) is 90.2 Å². The second-order valence-corrected chi connectivity index (χ2v) is 11.4. The van der Waals surface area contributed by atoms with Crippen molar-refractivity contribution in [3.05, 3.63) is 124 Å². The third kappa shape index (κ3) is 7.28. The van der Waals surface area contributed by atoms with Gasteiger partial charge < -0.3 is 20.1 Å². The van der Waals surface area contributed by atoms with Crippen LogP contribution in [-0.4, -0.2) is 53.1 Å². The number of aromatic nitrogens is 3. The van der Waals surface area contributed by atoms with Crippen LogP contribution in [0.2, 0.25) is 5.02 Å². The number of benzene rings is 4. The molecule has 4 aromatic carbocycles. The molecule has 5 aromatic rings. The highest BCUT2D eigenvalue weighted by Gasteiger charge is 2.19. The van der Waals surface area contributed by atoms with Gasteiger partial charge in [-0.2, -0.15) is 0 Å². The monoisotopic (exact) mass is 622 g/mol. The molecule has 0 saturated heterocycles. The van der Waals surface area contributed by atoms with Crippen LogP contribution in [0.5, 0.6) is 11.5 Å². The van der Waals surface area contributed by atoms with E-state index in [0.717, 1.165) is 61.0 Å². The van der Waals surface area contributed by atoms with Crippen molar-refractivity contribution in [2.45, 2.75) is 25.9 Å². The van der Waals surface area contributed by atoms with E-state index in [1.165, 1.54) is 16.7 Å². The quantitative estimate of drug-likeness (QED) is 0.176. The molecule has 230 valence electrons. The first-order valence-electron chi connectivity index (χ1n) is 14.9. The predicted molar refractivity (Wildman–Crippen MR) is 177 cm³/mol. The highest BCUT2D eigenvalue weighted by molar-refractivity contribution is 6.30. The summed E-state index contributed by atoms with van der Waals surface area (Å²) in [6.07, 6.45) is 3.87. The fraction of sp³-hybridized carbons (Fsp3) is 0.229. The number of fused-ring (bicyclic) bond motifs is 1. The molecule has 1 aliphatic rings. The number of anilines is 2. The Labute approximate surface area is 267 Å². The van der Waals surface area contributed by atoms with Crippen LogP contribution in [0.1, 0.15) is 32.7 Å². The minimum atomic E-state index is -0.210. The zero-order valence-corrected chi connectivity index (χ0v) is 26.1. The number of hydrogen-bond acceptors (Lipinski definition) is 7. The molecule has 0 fully saturated rings. The molecule has 6 rings (SSSR count). The van der Waals surface area contributed by atoms with Crippen molar-refractivity contribution >= 4 is 28.9 Å². The van der Waals surface area contributed by atoms with Gasteiger partial charge in [-0.25, -0.2) is 4.68 Å². The van der Waals surface area contributed by atoms with E-state index < -0.39 is 0 Å². The number of rotatable bonds is 11. The van der Waals surface area contributed by atoms with Gasteiger partial charge >= 0.3 is 0 Å². The molecule has 1 amide bonds. The van der Waals surface area contributed by atoms with Gasteiger partial charge in [-0.15, -0.1) is 5.10 Å². The predicted octanol–water partition coefficient (Wildman–Crippen LogP) is 6.40. The average molecular weight is 623 g/mol. The Morgan fingerprint density at radius 1 is 0.911 bits per heavy atom. The van der Waals surface area contributed by atoms with Crippen LogP contribution >= 0.6 is 11.6 Å². The molecule has 2 N–H and O–H groups in total. The summed E-state index contributed by atoms with van der Waals surface area (Å²) in [5, 5.41) is 15.6. The first-order chi connectivity index (χ1) is 22.0. The third-order valence-corrected chi connectivity index (χ3v) is 8.25. The van der Waals surface area contributed by atoms with Crippen molar-refractivity contribution in [1.29, 1.82) is 0 Å². The highest BCUT2D eigenvalue weighted by atomic mass is 35.5. The molecule has 0 bridgehead atoms. The fourth-order valence-electron chi connectivity index (χ4n) is 5.47. The van der Waals surface area contributed by atoms with Gasteiger partial charge in [0.2, 0.25) is 0 Å². The van der Waals surface area contributed by atoms with E-state index in [0.29, 0.717) is 22.8 Å². The molecule has 0 unspecified atom stereocenters. The number of carbonyl (C=O) groups is 1. The van der Waals surface area contributed by atoms with Crippen molar-refractivity contribution in [2.75, 3.05) is 37.9 Å². The number of hydrogen-bond donors (Lipinski definition) is 2. The summed E-state index contributed by atoms with van der Waals surface area (Å²) in [5.41, 5.74) is 7.62. The molecule has 1 aliphatic heterocycles. The molecule has 0 spiro atoms. The number of para-hydroxylation sites is 2. The summed E-state index contributed by atoms with van der Waals surface area (Å²) >= 11 is 5.95. The number of methoxy groups -OCH3 is 2. The zero-order valence-electron chi connectivity index (χ0n) is 25.3. The van der Waals surface area contributed by atoms with Gasteiger partial charge in [-0.3, -0.25) is 9.69 Å². The molecule has 0 saturated carbocycles. The van der Waals surface area contributed by atoms with Crippen molar-refractivity contribution in [2.24, 2.45) is 0 Å². The van der Waals surface area contributed by atoms with Crippen LogP contribution in [0, 0.1) is 0 Å². The number of amides is 1. The number of ether oxygens (including phenoxy) is 2. The topological polar surface area (TPSA) is 93.5 Å². The van der Waals surface area contributed by atoms with E-state index in [4.69, 9.17) is 21.1 Å². The van der Waals surface area contributed by atoms with Gasteiger partial charge in [0, 0.05) is 30.2 Å².